The zero-order valence-electron chi connectivity index (χ0n) is 11.4. The highest BCUT2D eigenvalue weighted by Gasteiger charge is 2.14. The molecule has 2 rings (SSSR count). The third-order valence-corrected chi connectivity index (χ3v) is 5.00. The summed E-state index contributed by atoms with van der Waals surface area (Å²) in [5, 5.41) is 0. The number of benzene rings is 2. The van der Waals surface area contributed by atoms with E-state index < -0.39 is 10.8 Å². The lowest BCUT2D eigenvalue weighted by Crippen LogP contribution is -2.12. The number of Topliss-reactive ketones (excluding diaryl/α,β-unsaturated/α-hetero) is 1. The number of hydrogen-bond acceptors (Lipinski definition) is 2. The second kappa shape index (κ2) is 6.46. The van der Waals surface area contributed by atoms with Crippen LogP contribution in [0.15, 0.2) is 51.8 Å². The minimum absolute atomic E-state index is 0.0198. The summed E-state index contributed by atoms with van der Waals surface area (Å²) in [6, 6.07) is 12.9. The first-order valence-corrected chi connectivity index (χ1v) is 8.33. The van der Waals surface area contributed by atoms with Gasteiger partial charge in [0.15, 0.2) is 5.78 Å². The highest BCUT2D eigenvalue weighted by molar-refractivity contribution is 9.10. The van der Waals surface area contributed by atoms with Crippen molar-refractivity contribution in [3.05, 3.63) is 63.6 Å². The average molecular weight is 351 g/mol. The predicted molar refractivity (Wildman–Crippen MR) is 85.7 cm³/mol. The Hall–Kier alpha value is -1.26. The van der Waals surface area contributed by atoms with Gasteiger partial charge in [0, 0.05) is 14.9 Å². The summed E-state index contributed by atoms with van der Waals surface area (Å²) in [6.07, 6.45) is 0. The van der Waals surface area contributed by atoms with Gasteiger partial charge >= 0.3 is 0 Å². The summed E-state index contributed by atoms with van der Waals surface area (Å²) >= 11 is 3.33. The molecule has 1 atom stereocenters. The zero-order valence-corrected chi connectivity index (χ0v) is 13.8. The Morgan fingerprint density at radius 3 is 2.40 bits per heavy atom. The smallest absolute Gasteiger partial charge is 0.175 e. The van der Waals surface area contributed by atoms with E-state index in [2.05, 4.69) is 15.9 Å². The summed E-state index contributed by atoms with van der Waals surface area (Å²) in [4.78, 5) is 12.9. The number of carbonyl (C=O) groups excluding carboxylic acids is 1. The van der Waals surface area contributed by atoms with E-state index in [0.29, 0.717) is 5.56 Å². The number of halogens is 1. The summed E-state index contributed by atoms with van der Waals surface area (Å²) in [7, 11) is -1.30. The molecule has 2 nitrogen and oxygen atoms in total. The van der Waals surface area contributed by atoms with Gasteiger partial charge in [-0.15, -0.1) is 0 Å². The fourth-order valence-corrected chi connectivity index (χ4v) is 3.44. The number of carbonyl (C=O) groups is 1. The van der Waals surface area contributed by atoms with E-state index in [1.807, 2.05) is 44.2 Å². The van der Waals surface area contributed by atoms with E-state index in [1.165, 1.54) is 0 Å². The summed E-state index contributed by atoms with van der Waals surface area (Å²) < 4.78 is 13.3. The largest absolute Gasteiger partial charge is 0.293 e. The minimum atomic E-state index is -1.30. The van der Waals surface area contributed by atoms with Crippen LogP contribution in [-0.4, -0.2) is 15.7 Å². The molecule has 0 N–H and O–H groups in total. The van der Waals surface area contributed by atoms with Crippen LogP contribution in [0.2, 0.25) is 0 Å². The van der Waals surface area contributed by atoms with Crippen molar-refractivity contribution < 1.29 is 9.00 Å². The molecule has 0 aliphatic heterocycles. The lowest BCUT2D eigenvalue weighted by atomic mass is 10.1. The van der Waals surface area contributed by atoms with Crippen LogP contribution in [0.3, 0.4) is 0 Å². The molecular weight excluding hydrogens is 336 g/mol. The van der Waals surface area contributed by atoms with Gasteiger partial charge in [-0.2, -0.15) is 0 Å². The van der Waals surface area contributed by atoms with Crippen LogP contribution in [-0.2, 0) is 10.8 Å². The summed E-state index contributed by atoms with van der Waals surface area (Å²) in [5.74, 6) is -0.0805. The van der Waals surface area contributed by atoms with Crippen molar-refractivity contribution in [2.24, 2.45) is 0 Å². The van der Waals surface area contributed by atoms with Gasteiger partial charge in [0.25, 0.3) is 0 Å². The number of aryl methyl sites for hydroxylation is 2. The van der Waals surface area contributed by atoms with E-state index in [-0.39, 0.29) is 11.5 Å². The van der Waals surface area contributed by atoms with Crippen molar-refractivity contribution in [1.29, 1.82) is 0 Å². The highest BCUT2D eigenvalue weighted by Crippen LogP contribution is 2.17. The van der Waals surface area contributed by atoms with Gasteiger partial charge in [-0.05, 0) is 43.2 Å². The molecule has 0 spiro atoms. The van der Waals surface area contributed by atoms with Crippen LogP contribution in [0.4, 0.5) is 0 Å². The van der Waals surface area contributed by atoms with Crippen molar-refractivity contribution in [3.63, 3.8) is 0 Å². The van der Waals surface area contributed by atoms with E-state index in [4.69, 9.17) is 0 Å². The first-order valence-electron chi connectivity index (χ1n) is 6.22. The maximum Gasteiger partial charge on any atom is 0.175 e. The first-order chi connectivity index (χ1) is 9.47. The second-order valence-corrected chi connectivity index (χ2v) is 7.02. The van der Waals surface area contributed by atoms with Gasteiger partial charge in [-0.3, -0.25) is 9.00 Å². The second-order valence-electron chi connectivity index (χ2n) is 4.69. The Morgan fingerprint density at radius 2 is 1.75 bits per heavy atom. The molecule has 0 fully saturated rings. The molecule has 0 saturated carbocycles. The Bertz CT molecular complexity index is 663. The highest BCUT2D eigenvalue weighted by atomic mass is 79.9. The number of ketones is 1. The third-order valence-electron chi connectivity index (χ3n) is 3.02. The molecule has 20 heavy (non-hydrogen) atoms. The average Bonchev–Trinajstić information content (AvgIpc) is 2.42. The molecule has 0 amide bonds. The van der Waals surface area contributed by atoms with E-state index in [0.717, 1.165) is 20.5 Å². The van der Waals surface area contributed by atoms with Crippen LogP contribution in [0.1, 0.15) is 21.5 Å². The minimum Gasteiger partial charge on any atom is -0.293 e. The molecular formula is C16H15BrO2S. The molecule has 0 heterocycles. The molecule has 1 unspecified atom stereocenters. The molecule has 4 heteroatoms. The van der Waals surface area contributed by atoms with Crippen LogP contribution in [0.25, 0.3) is 0 Å². The number of rotatable bonds is 4. The molecule has 0 aliphatic rings. The Balaban J connectivity index is 2.17. The van der Waals surface area contributed by atoms with Crippen molar-refractivity contribution in [1.82, 2.24) is 0 Å². The molecule has 104 valence electrons. The quantitative estimate of drug-likeness (QED) is 0.779. The third kappa shape index (κ3) is 3.64. The first kappa shape index (κ1) is 15.1. The standard InChI is InChI=1S/C16H15BrO2S/c1-11-3-4-12(2)16(9-11)20(19)10-15(18)13-5-7-14(17)8-6-13/h3-9H,10H2,1-2H3. The Labute approximate surface area is 129 Å². The molecule has 0 radical (unpaired) electrons. The van der Waals surface area contributed by atoms with Gasteiger partial charge in [-0.25, -0.2) is 0 Å². The number of hydrogen-bond donors (Lipinski definition) is 0. The fraction of sp³-hybridized carbons (Fsp3) is 0.188. The van der Waals surface area contributed by atoms with Gasteiger partial charge < -0.3 is 0 Å². The van der Waals surface area contributed by atoms with Crippen LogP contribution in [0, 0.1) is 13.8 Å². The molecule has 0 bridgehead atoms. The maximum atomic E-state index is 12.3. The SMILES string of the molecule is Cc1ccc(C)c(S(=O)CC(=O)c2ccc(Br)cc2)c1. The fourth-order valence-electron chi connectivity index (χ4n) is 1.87. The van der Waals surface area contributed by atoms with Crippen LogP contribution < -0.4 is 0 Å². The predicted octanol–water partition coefficient (Wildman–Crippen LogP) is 4.06. The normalized spacial score (nSPS) is 12.2. The zero-order chi connectivity index (χ0) is 14.7. The van der Waals surface area contributed by atoms with Crippen molar-refractivity contribution in [3.8, 4) is 0 Å². The monoisotopic (exact) mass is 350 g/mol. The topological polar surface area (TPSA) is 34.1 Å². The molecule has 2 aromatic carbocycles. The van der Waals surface area contributed by atoms with Crippen molar-refractivity contribution in [2.75, 3.05) is 5.75 Å². The van der Waals surface area contributed by atoms with Gasteiger partial charge in [0.2, 0.25) is 0 Å². The van der Waals surface area contributed by atoms with Gasteiger partial charge in [-0.1, -0.05) is 40.2 Å². The lowest BCUT2D eigenvalue weighted by molar-refractivity contribution is 0.102. The molecule has 0 aromatic heterocycles. The molecule has 2 aromatic rings. The van der Waals surface area contributed by atoms with Crippen molar-refractivity contribution >= 4 is 32.5 Å². The maximum absolute atomic E-state index is 12.3. The van der Waals surface area contributed by atoms with Crippen LogP contribution >= 0.6 is 15.9 Å². The van der Waals surface area contributed by atoms with Gasteiger partial charge in [0.05, 0.1) is 16.6 Å². The van der Waals surface area contributed by atoms with E-state index in [9.17, 15) is 9.00 Å². The Kier molecular flexibility index (Phi) is 4.89. The van der Waals surface area contributed by atoms with Crippen molar-refractivity contribution in [2.45, 2.75) is 18.7 Å². The van der Waals surface area contributed by atoms with Gasteiger partial charge in [0.1, 0.15) is 0 Å². The molecule has 0 aliphatic carbocycles. The molecule has 0 saturated heterocycles. The lowest BCUT2D eigenvalue weighted by Gasteiger charge is -2.07. The Morgan fingerprint density at radius 1 is 1.10 bits per heavy atom. The summed E-state index contributed by atoms with van der Waals surface area (Å²) in [5.41, 5.74) is 2.60. The van der Waals surface area contributed by atoms with Crippen LogP contribution in [0.5, 0.6) is 0 Å². The summed E-state index contributed by atoms with van der Waals surface area (Å²) in [6.45, 7) is 3.87. The van der Waals surface area contributed by atoms with E-state index in [1.54, 1.807) is 12.1 Å². The van der Waals surface area contributed by atoms with E-state index >= 15 is 0 Å².